The Morgan fingerprint density at radius 1 is 1.00 bits per heavy atom. The van der Waals surface area contributed by atoms with Crippen molar-refractivity contribution in [3.8, 4) is 5.69 Å². The van der Waals surface area contributed by atoms with E-state index in [1.807, 2.05) is 15.2 Å². The number of morpholine rings is 1. The average Bonchev–Trinajstić information content (AvgIpc) is 3.33. The number of ether oxygens (including phenoxy) is 1. The summed E-state index contributed by atoms with van der Waals surface area (Å²) in [5.41, 5.74) is 2.95. The molecule has 0 spiro atoms. The molecular formula is C28H30F4N4O3S. The fraction of sp³-hybridized carbons (Fsp3) is 0.393. The molecule has 2 N–H and O–H groups in total. The summed E-state index contributed by atoms with van der Waals surface area (Å²) < 4.78 is 75.5. The van der Waals surface area contributed by atoms with E-state index in [0.29, 0.717) is 44.0 Å². The predicted octanol–water partition coefficient (Wildman–Crippen LogP) is 3.89. The highest BCUT2D eigenvalue weighted by molar-refractivity contribution is 7.82. The predicted molar refractivity (Wildman–Crippen MR) is 143 cm³/mol. The standard InChI is InChI=1S/C28H28F4N4O2S.H2O/c29-23-3-5-24(6-4-23)36-26-15-22-9-10-35(39(37)25-7-1-21(2-8-25)28(30,31)32)19-27(22,16-20(26)17-33-36)18-34-11-13-38-14-12-34;/h1-8,15,17H,9-14,16,18-19H2;1H2/t27-,39?;/m0./s1. The minimum Gasteiger partial charge on any atom is -0.412 e. The number of rotatable bonds is 5. The van der Waals surface area contributed by atoms with Crippen molar-refractivity contribution < 1.29 is 32.0 Å². The van der Waals surface area contributed by atoms with E-state index in [4.69, 9.17) is 4.74 Å². The molecule has 0 amide bonds. The minimum atomic E-state index is -4.44. The van der Waals surface area contributed by atoms with Gasteiger partial charge in [0.25, 0.3) is 0 Å². The first kappa shape index (κ1) is 28.6. The zero-order chi connectivity index (χ0) is 27.2. The smallest absolute Gasteiger partial charge is 0.412 e. The SMILES string of the molecule is O.O=S(c1ccc(C(F)(F)F)cc1)N1CCC2=Cc3c(cnn3-c3ccc(F)cc3)C[C@]2(CN2CCOCC2)C1. The number of alkyl halides is 3. The fourth-order valence-electron chi connectivity index (χ4n) is 5.87. The molecule has 0 bridgehead atoms. The van der Waals surface area contributed by atoms with Crippen molar-refractivity contribution in [1.29, 1.82) is 0 Å². The zero-order valence-electron chi connectivity index (χ0n) is 21.7. The summed E-state index contributed by atoms with van der Waals surface area (Å²) in [5.74, 6) is -0.309. The van der Waals surface area contributed by atoms with E-state index in [0.717, 1.165) is 48.7 Å². The maximum Gasteiger partial charge on any atom is 0.416 e. The minimum absolute atomic E-state index is 0. The zero-order valence-corrected chi connectivity index (χ0v) is 22.5. The van der Waals surface area contributed by atoms with Gasteiger partial charge in [-0.1, -0.05) is 5.57 Å². The fourth-order valence-corrected chi connectivity index (χ4v) is 7.16. The second-order valence-electron chi connectivity index (χ2n) is 10.3. The number of benzene rings is 2. The van der Waals surface area contributed by atoms with Crippen LogP contribution in [0.15, 0.2) is 65.2 Å². The molecule has 214 valence electrons. The van der Waals surface area contributed by atoms with Gasteiger partial charge in [0.1, 0.15) is 16.8 Å². The summed E-state index contributed by atoms with van der Waals surface area (Å²) in [6.07, 6.45) is 0.941. The molecule has 2 fully saturated rings. The number of aromatic nitrogens is 2. The summed E-state index contributed by atoms with van der Waals surface area (Å²) in [6, 6.07) is 10.8. The largest absolute Gasteiger partial charge is 0.416 e. The first-order valence-corrected chi connectivity index (χ1v) is 14.0. The van der Waals surface area contributed by atoms with Gasteiger partial charge < -0.3 is 10.2 Å². The molecule has 2 aliphatic heterocycles. The molecule has 0 radical (unpaired) electrons. The van der Waals surface area contributed by atoms with Crippen LogP contribution in [0.2, 0.25) is 0 Å². The lowest BCUT2D eigenvalue weighted by Crippen LogP contribution is -2.54. The van der Waals surface area contributed by atoms with Crippen LogP contribution in [0.4, 0.5) is 17.6 Å². The number of hydrogen-bond donors (Lipinski definition) is 0. The summed E-state index contributed by atoms with van der Waals surface area (Å²) in [4.78, 5) is 2.73. The lowest BCUT2D eigenvalue weighted by molar-refractivity contribution is -0.137. The molecule has 1 unspecified atom stereocenters. The first-order valence-electron chi connectivity index (χ1n) is 12.9. The summed E-state index contributed by atoms with van der Waals surface area (Å²) in [7, 11) is -1.60. The molecule has 0 saturated carbocycles. The van der Waals surface area contributed by atoms with Crippen molar-refractivity contribution in [1.82, 2.24) is 19.0 Å². The van der Waals surface area contributed by atoms with Crippen molar-refractivity contribution >= 4 is 17.1 Å². The Balaban J connectivity index is 0.00000323. The summed E-state index contributed by atoms with van der Waals surface area (Å²) in [6.45, 7) is 4.70. The van der Waals surface area contributed by atoms with E-state index in [1.165, 1.54) is 29.8 Å². The Kier molecular flexibility index (Phi) is 7.99. The van der Waals surface area contributed by atoms with Gasteiger partial charge in [0.15, 0.2) is 0 Å². The normalized spacial score (nSPS) is 22.6. The van der Waals surface area contributed by atoms with Crippen LogP contribution in [-0.4, -0.2) is 74.6 Å². The molecule has 1 aliphatic carbocycles. The molecule has 3 aliphatic rings. The van der Waals surface area contributed by atoms with Gasteiger partial charge in [-0.3, -0.25) is 4.90 Å². The van der Waals surface area contributed by atoms with Crippen molar-refractivity contribution in [3.05, 3.63) is 82.9 Å². The third-order valence-corrected chi connectivity index (χ3v) is 9.29. The second-order valence-corrected chi connectivity index (χ2v) is 11.8. The highest BCUT2D eigenvalue weighted by atomic mass is 32.2. The van der Waals surface area contributed by atoms with Gasteiger partial charge in [-0.2, -0.15) is 18.3 Å². The van der Waals surface area contributed by atoms with Crippen LogP contribution in [0, 0.1) is 11.2 Å². The lowest BCUT2D eigenvalue weighted by atomic mass is 9.68. The van der Waals surface area contributed by atoms with E-state index < -0.39 is 22.7 Å². The summed E-state index contributed by atoms with van der Waals surface area (Å²) >= 11 is 0. The van der Waals surface area contributed by atoms with Crippen molar-refractivity contribution in [3.63, 3.8) is 0 Å². The molecule has 1 aromatic heterocycles. The highest BCUT2D eigenvalue weighted by Crippen LogP contribution is 2.45. The Morgan fingerprint density at radius 2 is 1.70 bits per heavy atom. The number of piperidine rings is 1. The molecule has 2 saturated heterocycles. The van der Waals surface area contributed by atoms with Crippen molar-refractivity contribution in [2.24, 2.45) is 5.41 Å². The second kappa shape index (κ2) is 11.2. The van der Waals surface area contributed by atoms with E-state index in [2.05, 4.69) is 16.1 Å². The number of fused-ring (bicyclic) bond motifs is 2. The van der Waals surface area contributed by atoms with Gasteiger partial charge in [-0.05, 0) is 73.0 Å². The Hall–Kier alpha value is -2.90. The third kappa shape index (κ3) is 5.51. The number of hydrogen-bond acceptors (Lipinski definition) is 4. The topological polar surface area (TPSA) is 82.1 Å². The molecule has 12 heteroatoms. The molecular weight excluding hydrogens is 548 g/mol. The molecule has 3 aromatic rings. The number of nitrogens with zero attached hydrogens (tertiary/aromatic N) is 4. The summed E-state index contributed by atoms with van der Waals surface area (Å²) in [5, 5.41) is 4.61. The van der Waals surface area contributed by atoms with E-state index in [9.17, 15) is 21.8 Å². The van der Waals surface area contributed by atoms with Gasteiger partial charge in [0.2, 0.25) is 0 Å². The molecule has 40 heavy (non-hydrogen) atoms. The molecule has 3 heterocycles. The monoisotopic (exact) mass is 578 g/mol. The molecule has 2 aromatic carbocycles. The highest BCUT2D eigenvalue weighted by Gasteiger charge is 2.45. The van der Waals surface area contributed by atoms with E-state index >= 15 is 0 Å². The number of halogens is 4. The maximum absolute atomic E-state index is 13.6. The van der Waals surface area contributed by atoms with Crippen LogP contribution in [-0.2, 0) is 28.3 Å². The van der Waals surface area contributed by atoms with Gasteiger partial charge in [-0.15, -0.1) is 0 Å². The van der Waals surface area contributed by atoms with Gasteiger partial charge in [-0.25, -0.2) is 17.6 Å². The van der Waals surface area contributed by atoms with Crippen molar-refractivity contribution in [2.75, 3.05) is 45.9 Å². The third-order valence-electron chi connectivity index (χ3n) is 7.84. The molecule has 2 atom stereocenters. The Labute approximate surface area is 231 Å². The molecule has 7 nitrogen and oxygen atoms in total. The van der Waals surface area contributed by atoms with Crippen LogP contribution >= 0.6 is 0 Å². The van der Waals surface area contributed by atoms with Crippen LogP contribution in [0.5, 0.6) is 0 Å². The van der Waals surface area contributed by atoms with E-state index in [-0.39, 0.29) is 16.7 Å². The Bertz CT molecular complexity index is 1400. The quantitative estimate of drug-likeness (QED) is 0.431. The lowest BCUT2D eigenvalue weighted by Gasteiger charge is -2.48. The van der Waals surface area contributed by atoms with Crippen LogP contribution in [0.1, 0.15) is 23.2 Å². The van der Waals surface area contributed by atoms with Crippen LogP contribution in [0.3, 0.4) is 0 Å². The van der Waals surface area contributed by atoms with E-state index in [1.54, 1.807) is 12.1 Å². The maximum atomic E-state index is 13.6. The van der Waals surface area contributed by atoms with Gasteiger partial charge >= 0.3 is 6.18 Å². The van der Waals surface area contributed by atoms with Crippen LogP contribution < -0.4 is 0 Å². The van der Waals surface area contributed by atoms with Gasteiger partial charge in [0.05, 0.1) is 41.3 Å². The molecule has 6 rings (SSSR count). The Morgan fingerprint density at radius 3 is 2.38 bits per heavy atom. The van der Waals surface area contributed by atoms with Gasteiger partial charge in [0, 0.05) is 38.1 Å². The van der Waals surface area contributed by atoms with Crippen molar-refractivity contribution in [2.45, 2.75) is 23.9 Å². The first-order chi connectivity index (χ1) is 18.7. The average molecular weight is 579 g/mol. The van der Waals surface area contributed by atoms with Crippen LogP contribution in [0.25, 0.3) is 11.8 Å².